The topological polar surface area (TPSA) is 63.2 Å². The summed E-state index contributed by atoms with van der Waals surface area (Å²) in [6, 6.07) is 26.5. The van der Waals surface area contributed by atoms with E-state index in [1.54, 1.807) is 5.06 Å². The van der Waals surface area contributed by atoms with Crippen molar-refractivity contribution in [3.05, 3.63) is 90.0 Å². The van der Waals surface area contributed by atoms with E-state index in [9.17, 15) is 4.79 Å². The van der Waals surface area contributed by atoms with Gasteiger partial charge in [-0.15, -0.1) is 5.06 Å². The number of anilines is 1. The predicted octanol–water partition coefficient (Wildman–Crippen LogP) is 6.77. The van der Waals surface area contributed by atoms with Crippen molar-refractivity contribution in [3.8, 4) is 11.1 Å². The molecule has 1 amide bonds. The van der Waals surface area contributed by atoms with Crippen LogP contribution in [0.1, 0.15) is 51.2 Å². The van der Waals surface area contributed by atoms with E-state index < -0.39 is 6.09 Å². The van der Waals surface area contributed by atoms with Gasteiger partial charge in [0, 0.05) is 38.0 Å². The Balaban J connectivity index is 1.10. The van der Waals surface area contributed by atoms with Crippen LogP contribution >= 0.6 is 0 Å². The Morgan fingerprint density at radius 3 is 2.14 bits per heavy atom. The molecule has 3 aromatic rings. The Bertz CT molecular complexity index is 1220. The molecule has 0 atom stereocenters. The van der Waals surface area contributed by atoms with Gasteiger partial charge in [0.05, 0.1) is 5.71 Å². The lowest BCUT2D eigenvalue weighted by Crippen LogP contribution is -2.45. The molecule has 6 heteroatoms. The number of carbonyl (C=O) groups excluding carboxylic acids is 1. The van der Waals surface area contributed by atoms with Gasteiger partial charge in [0.15, 0.2) is 0 Å². The lowest BCUT2D eigenvalue weighted by Gasteiger charge is -2.35. The number of carbonyl (C=O) groups is 1. The van der Waals surface area contributed by atoms with Crippen LogP contribution in [0.15, 0.2) is 84.0 Å². The third-order valence-corrected chi connectivity index (χ3v) is 7.01. The highest BCUT2D eigenvalue weighted by Gasteiger charge is 2.43. The van der Waals surface area contributed by atoms with Crippen molar-refractivity contribution in [2.75, 3.05) is 18.4 Å². The maximum absolute atomic E-state index is 12.5. The second-order valence-electron chi connectivity index (χ2n) is 10.7. The van der Waals surface area contributed by atoms with Gasteiger partial charge in [-0.3, -0.25) is 5.32 Å². The summed E-state index contributed by atoms with van der Waals surface area (Å²) >= 11 is 0. The fourth-order valence-corrected chi connectivity index (χ4v) is 4.73. The SMILES string of the molecule is CC(C)(C)c1ccc(C2=NOC3(CCN(OC(=O)Nc4ccc(-c5ccccc5)cc4)CC3)C2)cc1. The Morgan fingerprint density at radius 2 is 1.50 bits per heavy atom. The lowest BCUT2D eigenvalue weighted by molar-refractivity contribution is -0.154. The molecular weight excluding hydrogens is 450 g/mol. The Kier molecular flexibility index (Phi) is 6.54. The number of amides is 1. The Labute approximate surface area is 212 Å². The van der Waals surface area contributed by atoms with Crippen molar-refractivity contribution < 1.29 is 14.5 Å². The Hall–Kier alpha value is -3.64. The van der Waals surface area contributed by atoms with Crippen molar-refractivity contribution >= 4 is 17.5 Å². The molecule has 36 heavy (non-hydrogen) atoms. The largest absolute Gasteiger partial charge is 0.430 e. The van der Waals surface area contributed by atoms with Gasteiger partial charge in [0.25, 0.3) is 0 Å². The molecule has 0 bridgehead atoms. The molecule has 1 spiro atoms. The number of nitrogens with one attached hydrogen (secondary N) is 1. The van der Waals surface area contributed by atoms with Gasteiger partial charge < -0.3 is 9.68 Å². The first-order valence-electron chi connectivity index (χ1n) is 12.6. The standard InChI is InChI=1S/C30H33N3O3/c1-29(2,3)25-13-9-24(10-14-25)27-21-30(36-32-27)17-19-33(20-18-30)35-28(34)31-26-15-11-23(12-16-26)22-7-5-4-6-8-22/h4-16H,17-21H2,1-3H3,(H,31,34). The number of benzene rings is 3. The minimum absolute atomic E-state index is 0.123. The average molecular weight is 484 g/mol. The lowest BCUT2D eigenvalue weighted by atomic mass is 9.84. The summed E-state index contributed by atoms with van der Waals surface area (Å²) in [5.41, 5.74) is 6.13. The van der Waals surface area contributed by atoms with E-state index >= 15 is 0 Å². The van der Waals surface area contributed by atoms with E-state index in [1.165, 1.54) is 5.56 Å². The summed E-state index contributed by atoms with van der Waals surface area (Å²) in [5, 5.41) is 8.95. The highest BCUT2D eigenvalue weighted by atomic mass is 16.7. The van der Waals surface area contributed by atoms with E-state index in [2.05, 4.69) is 67.6 Å². The molecule has 3 aromatic carbocycles. The average Bonchev–Trinajstić information content (AvgIpc) is 3.30. The molecule has 0 radical (unpaired) electrons. The number of hydrogen-bond donors (Lipinski definition) is 1. The zero-order valence-corrected chi connectivity index (χ0v) is 21.2. The smallest absolute Gasteiger partial charge is 0.388 e. The van der Waals surface area contributed by atoms with E-state index in [0.29, 0.717) is 18.8 Å². The molecule has 1 fully saturated rings. The Morgan fingerprint density at radius 1 is 0.889 bits per heavy atom. The zero-order chi connectivity index (χ0) is 25.2. The maximum atomic E-state index is 12.5. The summed E-state index contributed by atoms with van der Waals surface area (Å²) < 4.78 is 0. The normalized spacial score (nSPS) is 17.4. The summed E-state index contributed by atoms with van der Waals surface area (Å²) in [7, 11) is 0. The highest BCUT2D eigenvalue weighted by molar-refractivity contribution is 6.01. The van der Waals surface area contributed by atoms with Crippen LogP contribution in [0.2, 0.25) is 0 Å². The molecule has 2 aliphatic heterocycles. The van der Waals surface area contributed by atoms with Crippen molar-refractivity contribution in [1.82, 2.24) is 5.06 Å². The molecule has 0 aromatic heterocycles. The van der Waals surface area contributed by atoms with Crippen molar-refractivity contribution in [1.29, 1.82) is 0 Å². The number of hydroxylamine groups is 2. The molecule has 2 aliphatic rings. The van der Waals surface area contributed by atoms with Crippen LogP contribution in [0.25, 0.3) is 11.1 Å². The number of rotatable bonds is 4. The summed E-state index contributed by atoms with van der Waals surface area (Å²) in [5.74, 6) is 0. The zero-order valence-electron chi connectivity index (χ0n) is 21.2. The van der Waals surface area contributed by atoms with E-state index in [4.69, 9.17) is 9.68 Å². The molecule has 1 N–H and O–H groups in total. The van der Waals surface area contributed by atoms with E-state index in [0.717, 1.165) is 41.7 Å². The van der Waals surface area contributed by atoms with Crippen molar-refractivity contribution in [3.63, 3.8) is 0 Å². The molecule has 0 aliphatic carbocycles. The van der Waals surface area contributed by atoms with Gasteiger partial charge >= 0.3 is 6.09 Å². The van der Waals surface area contributed by atoms with E-state index in [-0.39, 0.29) is 11.0 Å². The first-order chi connectivity index (χ1) is 17.3. The van der Waals surface area contributed by atoms with Gasteiger partial charge in [-0.1, -0.05) is 92.7 Å². The van der Waals surface area contributed by atoms with Crippen molar-refractivity contribution in [2.45, 2.75) is 51.0 Å². The van der Waals surface area contributed by atoms with Crippen LogP contribution in [-0.2, 0) is 15.1 Å². The monoisotopic (exact) mass is 483 g/mol. The second-order valence-corrected chi connectivity index (χ2v) is 10.7. The molecule has 6 nitrogen and oxygen atoms in total. The molecule has 1 saturated heterocycles. The summed E-state index contributed by atoms with van der Waals surface area (Å²) in [6.45, 7) is 7.85. The van der Waals surface area contributed by atoms with E-state index in [1.807, 2.05) is 42.5 Å². The van der Waals surface area contributed by atoms with Gasteiger partial charge in [0.2, 0.25) is 0 Å². The minimum Gasteiger partial charge on any atom is -0.388 e. The maximum Gasteiger partial charge on any atom is 0.430 e. The first kappa shape index (κ1) is 24.1. The highest BCUT2D eigenvalue weighted by Crippen LogP contribution is 2.36. The van der Waals surface area contributed by atoms with Crippen LogP contribution in [0.5, 0.6) is 0 Å². The van der Waals surface area contributed by atoms with Gasteiger partial charge in [-0.05, 0) is 39.8 Å². The number of nitrogens with zero attached hydrogens (tertiary/aromatic N) is 2. The quantitative estimate of drug-likeness (QED) is 0.445. The third kappa shape index (κ3) is 5.44. The molecule has 0 unspecified atom stereocenters. The minimum atomic E-state index is -0.485. The summed E-state index contributed by atoms with van der Waals surface area (Å²) in [4.78, 5) is 24.0. The van der Waals surface area contributed by atoms with Crippen LogP contribution < -0.4 is 5.32 Å². The molecule has 2 heterocycles. The second kappa shape index (κ2) is 9.78. The van der Waals surface area contributed by atoms with Crippen LogP contribution in [0.3, 0.4) is 0 Å². The van der Waals surface area contributed by atoms with Crippen LogP contribution in [0, 0.1) is 0 Å². The van der Waals surface area contributed by atoms with Crippen LogP contribution in [-0.4, -0.2) is 35.6 Å². The van der Waals surface area contributed by atoms with Gasteiger partial charge in [-0.25, -0.2) is 4.79 Å². The van der Waals surface area contributed by atoms with Crippen LogP contribution in [0.4, 0.5) is 10.5 Å². The molecule has 0 saturated carbocycles. The predicted molar refractivity (Wildman–Crippen MR) is 143 cm³/mol. The van der Waals surface area contributed by atoms with Gasteiger partial charge in [-0.2, -0.15) is 0 Å². The number of hydrogen-bond acceptors (Lipinski definition) is 5. The molecular formula is C30H33N3O3. The molecule has 5 rings (SSSR count). The fourth-order valence-electron chi connectivity index (χ4n) is 4.73. The first-order valence-corrected chi connectivity index (χ1v) is 12.6. The van der Waals surface area contributed by atoms with Crippen molar-refractivity contribution in [2.24, 2.45) is 5.16 Å². The molecule has 186 valence electrons. The van der Waals surface area contributed by atoms with Gasteiger partial charge in [0.1, 0.15) is 5.60 Å². The number of oxime groups is 1. The fraction of sp³-hybridized carbons (Fsp3) is 0.333. The third-order valence-electron chi connectivity index (χ3n) is 7.01. The number of piperidine rings is 1. The summed E-state index contributed by atoms with van der Waals surface area (Å²) in [6.07, 6.45) is 1.79.